The van der Waals surface area contributed by atoms with Gasteiger partial charge in [0.1, 0.15) is 17.1 Å². The number of hydrogen-bond donors (Lipinski definition) is 2. The quantitative estimate of drug-likeness (QED) is 0.176. The third kappa shape index (κ3) is 9.91. The van der Waals surface area contributed by atoms with E-state index in [1.807, 2.05) is 0 Å². The highest BCUT2D eigenvalue weighted by Crippen LogP contribution is 2.28. The van der Waals surface area contributed by atoms with Gasteiger partial charge in [-0.05, 0) is 62.8 Å². The van der Waals surface area contributed by atoms with E-state index in [4.69, 9.17) is 4.42 Å². The van der Waals surface area contributed by atoms with Gasteiger partial charge in [0.2, 0.25) is 0 Å². The molecule has 0 saturated heterocycles. The van der Waals surface area contributed by atoms with Gasteiger partial charge < -0.3 is 14.3 Å². The van der Waals surface area contributed by atoms with Crippen LogP contribution in [-0.4, -0.2) is 30.3 Å². The fourth-order valence-corrected chi connectivity index (χ4v) is 4.47. The number of unbranched alkanes of at least 4 members (excludes halogenated alkanes) is 1. The van der Waals surface area contributed by atoms with Gasteiger partial charge in [-0.3, -0.25) is 10.1 Å². The van der Waals surface area contributed by atoms with Gasteiger partial charge in [-0.2, -0.15) is 13.2 Å². The zero-order valence-electron chi connectivity index (χ0n) is 20.8. The number of carbonyl (C=O) groups excluding carboxylic acids is 2. The van der Waals surface area contributed by atoms with Crippen LogP contribution in [0.5, 0.6) is 5.75 Å². The second kappa shape index (κ2) is 13.8. The highest BCUT2D eigenvalue weighted by molar-refractivity contribution is 7.12. The van der Waals surface area contributed by atoms with Gasteiger partial charge in [-0.15, -0.1) is 11.3 Å². The van der Waals surface area contributed by atoms with Crippen molar-refractivity contribution in [2.75, 3.05) is 7.11 Å². The number of hydrogen-bond acceptors (Lipinski definition) is 7. The van der Waals surface area contributed by atoms with Crippen LogP contribution in [0.4, 0.5) is 18.0 Å². The van der Waals surface area contributed by atoms with Gasteiger partial charge in [0.15, 0.2) is 5.78 Å². The maximum absolute atomic E-state index is 12.9. The Bertz CT molecular complexity index is 1200. The minimum atomic E-state index is -4.16. The number of rotatable bonds is 12. The number of halogens is 3. The van der Waals surface area contributed by atoms with Crippen LogP contribution < -0.4 is 10.9 Å². The predicted octanol–water partition coefficient (Wildman–Crippen LogP) is 6.72. The number of Topliss-reactive ketones (excluding diaryl/α,β-unsaturated/α-hetero) is 1. The number of aromatic hydroxyl groups is 1. The molecule has 2 rings (SSSR count). The number of ether oxygens (including phenoxy) is 1. The molecule has 0 aromatic carbocycles. The molecule has 0 saturated carbocycles. The van der Waals surface area contributed by atoms with Crippen molar-refractivity contribution >= 4 is 29.3 Å². The fourth-order valence-electron chi connectivity index (χ4n) is 3.42. The minimum Gasteiger partial charge on any atom is -0.507 e. The van der Waals surface area contributed by atoms with Gasteiger partial charge in [0.25, 0.3) is 0 Å². The lowest BCUT2D eigenvalue weighted by Gasteiger charge is -2.11. The van der Waals surface area contributed by atoms with Crippen LogP contribution in [0.3, 0.4) is 0 Å². The molecular formula is C26H30F3NO6S. The van der Waals surface area contributed by atoms with Gasteiger partial charge >= 0.3 is 17.9 Å². The molecule has 0 spiro atoms. The van der Waals surface area contributed by atoms with Gasteiger partial charge in [0.05, 0.1) is 7.11 Å². The highest BCUT2D eigenvalue weighted by atomic mass is 32.1. The van der Waals surface area contributed by atoms with E-state index >= 15 is 0 Å². The van der Waals surface area contributed by atoms with Crippen LogP contribution in [-0.2, 0) is 11.2 Å². The van der Waals surface area contributed by atoms with Crippen molar-refractivity contribution < 1.29 is 37.0 Å². The number of alkyl halides is 3. The molecule has 1 unspecified atom stereocenters. The molecule has 0 radical (unpaired) electrons. The van der Waals surface area contributed by atoms with Crippen LogP contribution in [0.25, 0.3) is 6.08 Å². The van der Waals surface area contributed by atoms with Crippen LogP contribution in [0, 0.1) is 0 Å². The standard InChI is InChI=1S/C26H30F3NO6S/c1-16(8-5-7-13-30-25(34)35-3)21-15-20(31)22(24(33)36-21)23(32)17(2)14-19-11-10-18(37-19)9-4-6-12-26(27,28)29/h7,10-11,13-16,31H,4-6,8-9,12H2,1-3H3,(H,30,34)/b13-7+,17-14+. The Kier molecular flexibility index (Phi) is 11.2. The number of nitrogens with one attached hydrogen (secondary N) is 1. The number of methoxy groups -OCH3 is 1. The van der Waals surface area contributed by atoms with Crippen molar-refractivity contribution in [3.05, 3.63) is 67.5 Å². The number of thiophene rings is 1. The zero-order chi connectivity index (χ0) is 27.6. The summed E-state index contributed by atoms with van der Waals surface area (Å²) >= 11 is 1.35. The molecule has 0 bridgehead atoms. The summed E-state index contributed by atoms with van der Waals surface area (Å²) in [4.78, 5) is 38.0. The number of carbonyl (C=O) groups is 2. The van der Waals surface area contributed by atoms with Crippen LogP contribution in [0.1, 0.15) is 77.7 Å². The normalized spacial score (nSPS) is 13.1. The van der Waals surface area contributed by atoms with E-state index in [-0.39, 0.29) is 23.7 Å². The third-order valence-electron chi connectivity index (χ3n) is 5.47. The molecule has 37 heavy (non-hydrogen) atoms. The maximum atomic E-state index is 12.9. The third-order valence-corrected chi connectivity index (χ3v) is 6.56. The molecule has 0 aliphatic rings. The van der Waals surface area contributed by atoms with Crippen LogP contribution in [0.2, 0.25) is 0 Å². The average molecular weight is 542 g/mol. The molecule has 7 nitrogen and oxygen atoms in total. The Morgan fingerprint density at radius 3 is 2.65 bits per heavy atom. The van der Waals surface area contributed by atoms with E-state index in [1.54, 1.807) is 31.2 Å². The lowest BCUT2D eigenvalue weighted by molar-refractivity contribution is -0.135. The Morgan fingerprint density at radius 1 is 1.27 bits per heavy atom. The molecule has 0 aliphatic heterocycles. The first kappa shape index (κ1) is 29.9. The summed E-state index contributed by atoms with van der Waals surface area (Å²) in [5.41, 5.74) is -1.20. The first-order valence-electron chi connectivity index (χ1n) is 11.7. The Balaban J connectivity index is 2.02. The summed E-state index contributed by atoms with van der Waals surface area (Å²) in [6.45, 7) is 3.30. The van der Waals surface area contributed by atoms with E-state index < -0.39 is 41.4 Å². The fraction of sp³-hybridized carbons (Fsp3) is 0.423. The number of amides is 1. The smallest absolute Gasteiger partial charge is 0.410 e. The summed E-state index contributed by atoms with van der Waals surface area (Å²) < 4.78 is 46.6. The van der Waals surface area contributed by atoms with E-state index in [9.17, 15) is 32.7 Å². The molecule has 2 heterocycles. The van der Waals surface area contributed by atoms with E-state index in [2.05, 4.69) is 10.1 Å². The topological polar surface area (TPSA) is 106 Å². The van der Waals surface area contributed by atoms with Crippen molar-refractivity contribution in [2.24, 2.45) is 0 Å². The number of alkyl carbamates (subject to hydrolysis) is 1. The SMILES string of the molecule is COC(=O)N/C=C/CCC(C)c1cc(O)c(C(=O)/C(C)=C/c2ccc(CCCCC(F)(F)F)s2)c(=O)o1. The van der Waals surface area contributed by atoms with Crippen molar-refractivity contribution in [3.8, 4) is 5.75 Å². The van der Waals surface area contributed by atoms with Gasteiger partial charge in [-0.1, -0.05) is 13.0 Å². The zero-order valence-corrected chi connectivity index (χ0v) is 21.6. The molecule has 0 aliphatic carbocycles. The number of ketones is 1. The molecule has 2 N–H and O–H groups in total. The van der Waals surface area contributed by atoms with Gasteiger partial charge in [0, 0.05) is 34.4 Å². The maximum Gasteiger partial charge on any atom is 0.410 e. The minimum absolute atomic E-state index is 0.0526. The van der Waals surface area contributed by atoms with Crippen molar-refractivity contribution in [3.63, 3.8) is 0 Å². The number of aryl methyl sites for hydroxylation is 1. The molecule has 202 valence electrons. The molecule has 1 amide bonds. The highest BCUT2D eigenvalue weighted by Gasteiger charge is 2.26. The molecule has 0 fully saturated rings. The van der Waals surface area contributed by atoms with E-state index in [0.29, 0.717) is 30.6 Å². The first-order chi connectivity index (χ1) is 17.4. The summed E-state index contributed by atoms with van der Waals surface area (Å²) in [5.74, 6) is -1.18. The predicted molar refractivity (Wildman–Crippen MR) is 135 cm³/mol. The average Bonchev–Trinajstić information content (AvgIpc) is 3.27. The second-order valence-corrected chi connectivity index (χ2v) is 9.70. The van der Waals surface area contributed by atoms with Crippen LogP contribution in [0.15, 0.2) is 45.3 Å². The summed E-state index contributed by atoms with van der Waals surface area (Å²) in [5, 5.41) is 12.8. The first-order valence-corrected chi connectivity index (χ1v) is 12.5. The Morgan fingerprint density at radius 2 is 2.00 bits per heavy atom. The lowest BCUT2D eigenvalue weighted by Crippen LogP contribution is -2.16. The molecule has 2 aromatic rings. The lowest BCUT2D eigenvalue weighted by atomic mass is 10.00. The largest absolute Gasteiger partial charge is 0.507 e. The monoisotopic (exact) mass is 541 g/mol. The van der Waals surface area contributed by atoms with Crippen molar-refractivity contribution in [1.29, 1.82) is 0 Å². The van der Waals surface area contributed by atoms with Crippen molar-refractivity contribution in [1.82, 2.24) is 5.32 Å². The second-order valence-electron chi connectivity index (χ2n) is 8.50. The molecule has 1 atom stereocenters. The van der Waals surface area contributed by atoms with E-state index in [0.717, 1.165) is 4.88 Å². The summed E-state index contributed by atoms with van der Waals surface area (Å²) in [6, 6.07) is 4.81. The summed E-state index contributed by atoms with van der Waals surface area (Å²) in [7, 11) is 1.25. The molecular weight excluding hydrogens is 511 g/mol. The molecule has 11 heteroatoms. The summed E-state index contributed by atoms with van der Waals surface area (Å²) in [6.07, 6.45) is 1.20. The van der Waals surface area contributed by atoms with Crippen LogP contribution >= 0.6 is 11.3 Å². The Hall–Kier alpha value is -3.34. The van der Waals surface area contributed by atoms with Gasteiger partial charge in [-0.25, -0.2) is 9.59 Å². The Labute approximate surface area is 216 Å². The number of allylic oxidation sites excluding steroid dienone is 2. The van der Waals surface area contributed by atoms with E-state index in [1.165, 1.54) is 37.6 Å². The molecule has 2 aromatic heterocycles. The van der Waals surface area contributed by atoms with Crippen molar-refractivity contribution in [2.45, 2.75) is 64.5 Å².